The van der Waals surface area contributed by atoms with Gasteiger partial charge in [0.1, 0.15) is 11.5 Å². The van der Waals surface area contributed by atoms with Gasteiger partial charge in [-0.25, -0.2) is 0 Å². The molecule has 0 fully saturated rings. The van der Waals surface area contributed by atoms with Crippen LogP contribution in [0.3, 0.4) is 0 Å². The van der Waals surface area contributed by atoms with Gasteiger partial charge in [-0.05, 0) is 30.2 Å². The van der Waals surface area contributed by atoms with Gasteiger partial charge >= 0.3 is 15.6 Å². The maximum absolute atomic E-state index is 12.6. The molecule has 0 aliphatic carbocycles. The molecule has 1 aromatic carbocycles. The largest absolute Gasteiger partial charge is 0.550 e. The zero-order valence-electron chi connectivity index (χ0n) is 13.9. The Morgan fingerprint density at radius 1 is 1.31 bits per heavy atom. The smallest absolute Gasteiger partial charge is 0.534 e. The average molecular weight is 393 g/mol. The summed E-state index contributed by atoms with van der Waals surface area (Å²) in [4.78, 5) is 11.1. The molecule has 0 saturated heterocycles. The van der Waals surface area contributed by atoms with E-state index in [1.807, 2.05) is 0 Å². The van der Waals surface area contributed by atoms with Crippen molar-refractivity contribution in [1.29, 1.82) is 0 Å². The molecule has 144 valence electrons. The maximum atomic E-state index is 12.6. The second kappa shape index (κ2) is 6.82. The lowest BCUT2D eigenvalue weighted by Crippen LogP contribution is -2.39. The maximum Gasteiger partial charge on any atom is 0.534 e. The Labute approximate surface area is 148 Å². The molecule has 6 nitrogen and oxygen atoms in total. The van der Waals surface area contributed by atoms with Crippen molar-refractivity contribution in [2.45, 2.75) is 32.2 Å². The summed E-state index contributed by atoms with van der Waals surface area (Å²) in [6.07, 6.45) is 1.42. The number of aliphatic carboxylic acids is 1. The third kappa shape index (κ3) is 4.29. The van der Waals surface area contributed by atoms with E-state index in [1.54, 1.807) is 0 Å². The van der Waals surface area contributed by atoms with Crippen LogP contribution < -0.4 is 9.84 Å². The monoisotopic (exact) mass is 393 g/mol. The minimum absolute atomic E-state index is 0.0327. The van der Waals surface area contributed by atoms with Crippen molar-refractivity contribution in [3.8, 4) is 5.75 Å². The second-order valence-electron chi connectivity index (χ2n) is 6.37. The van der Waals surface area contributed by atoms with Crippen LogP contribution in [0.4, 0.5) is 13.2 Å². The molecule has 0 spiro atoms. The van der Waals surface area contributed by atoms with E-state index in [-0.39, 0.29) is 30.8 Å². The molecular formula is C16H16F3O6S-. The van der Waals surface area contributed by atoms with Gasteiger partial charge in [-0.2, -0.15) is 21.6 Å². The van der Waals surface area contributed by atoms with E-state index >= 15 is 0 Å². The summed E-state index contributed by atoms with van der Waals surface area (Å²) in [7, 11) is -5.82. The number of ether oxygens (including phenoxy) is 1. The zero-order valence-corrected chi connectivity index (χ0v) is 14.7. The molecule has 0 saturated carbocycles. The average Bonchev–Trinajstić information content (AvgIpc) is 2.67. The molecule has 0 atom stereocenters. The molecule has 1 aliphatic rings. The highest BCUT2D eigenvalue weighted by molar-refractivity contribution is 7.87. The van der Waals surface area contributed by atoms with E-state index in [2.05, 4.69) is 4.18 Å². The third-order valence-electron chi connectivity index (χ3n) is 3.70. The molecule has 0 radical (unpaired) electrons. The van der Waals surface area contributed by atoms with Crippen LogP contribution in [0.25, 0.3) is 5.76 Å². The number of halogens is 3. The first-order valence-corrected chi connectivity index (χ1v) is 8.93. The quantitative estimate of drug-likeness (QED) is 0.561. The molecule has 26 heavy (non-hydrogen) atoms. The highest BCUT2D eigenvalue weighted by atomic mass is 32.2. The van der Waals surface area contributed by atoms with Crippen molar-refractivity contribution in [1.82, 2.24) is 0 Å². The minimum atomic E-state index is -5.82. The fraction of sp³-hybridized carbons (Fsp3) is 0.438. The third-order valence-corrected chi connectivity index (χ3v) is 4.66. The van der Waals surface area contributed by atoms with E-state index < -0.39 is 32.8 Å². The minimum Gasteiger partial charge on any atom is -0.550 e. The van der Waals surface area contributed by atoms with Crippen molar-refractivity contribution in [2.24, 2.45) is 5.41 Å². The van der Waals surface area contributed by atoms with Crippen LogP contribution in [0.15, 0.2) is 24.3 Å². The van der Waals surface area contributed by atoms with E-state index in [0.29, 0.717) is 5.56 Å². The van der Waals surface area contributed by atoms with Crippen LogP contribution in [0.1, 0.15) is 31.4 Å². The second-order valence-corrected chi connectivity index (χ2v) is 7.91. The Balaban J connectivity index is 2.37. The molecule has 10 heteroatoms. The number of alkyl halides is 3. The number of benzene rings is 1. The van der Waals surface area contributed by atoms with Crippen LogP contribution in [-0.2, 0) is 25.5 Å². The highest BCUT2D eigenvalue weighted by Crippen LogP contribution is 2.36. The summed E-state index contributed by atoms with van der Waals surface area (Å²) >= 11 is 0. The number of carboxylic acid groups (broad SMARTS) is 1. The molecule has 0 unspecified atom stereocenters. The predicted octanol–water partition coefficient (Wildman–Crippen LogP) is 1.99. The number of hydrogen-bond donors (Lipinski definition) is 0. The molecule has 1 heterocycles. The fourth-order valence-corrected chi connectivity index (χ4v) is 2.78. The molecule has 0 N–H and O–H groups in total. The summed E-state index contributed by atoms with van der Waals surface area (Å²) in [5, 5.41) is 11.1. The van der Waals surface area contributed by atoms with Gasteiger partial charge in [-0.1, -0.05) is 19.9 Å². The van der Waals surface area contributed by atoms with E-state index in [1.165, 1.54) is 38.1 Å². The van der Waals surface area contributed by atoms with Crippen molar-refractivity contribution >= 4 is 21.8 Å². The Bertz CT molecular complexity index is 840. The summed E-state index contributed by atoms with van der Waals surface area (Å²) in [5.74, 6) is -1.63. The van der Waals surface area contributed by atoms with Crippen LogP contribution in [0.2, 0.25) is 0 Å². The van der Waals surface area contributed by atoms with E-state index in [4.69, 9.17) is 4.74 Å². The Hall–Kier alpha value is -2.23. The first-order valence-electron chi connectivity index (χ1n) is 7.52. The summed E-state index contributed by atoms with van der Waals surface area (Å²) in [6.45, 7) is 3.04. The van der Waals surface area contributed by atoms with Crippen molar-refractivity contribution < 1.29 is 40.4 Å². The van der Waals surface area contributed by atoms with Crippen molar-refractivity contribution in [3.63, 3.8) is 0 Å². The SMILES string of the molecule is CC(C)(Cc1ccc2c(c1)OCCC=C2OS(=O)(=O)C(F)(F)F)C(=O)[O-]. The number of carbonyl (C=O) groups excluding carboxylic acids is 1. The molecular weight excluding hydrogens is 377 g/mol. The summed E-state index contributed by atoms with van der Waals surface area (Å²) < 4.78 is 69.9. The lowest BCUT2D eigenvalue weighted by Gasteiger charge is -2.26. The molecule has 0 bridgehead atoms. The predicted molar refractivity (Wildman–Crippen MR) is 83.1 cm³/mol. The van der Waals surface area contributed by atoms with Gasteiger partial charge in [-0.3, -0.25) is 0 Å². The lowest BCUT2D eigenvalue weighted by atomic mass is 9.85. The van der Waals surface area contributed by atoms with Crippen LogP contribution in [0, 0.1) is 5.41 Å². The molecule has 0 aromatic heterocycles. The van der Waals surface area contributed by atoms with E-state index in [0.717, 1.165) is 0 Å². The zero-order chi connectivity index (χ0) is 19.8. The number of carboxylic acids is 1. The van der Waals surface area contributed by atoms with Crippen LogP contribution in [0.5, 0.6) is 5.75 Å². The van der Waals surface area contributed by atoms with Gasteiger partial charge in [0.15, 0.2) is 0 Å². The van der Waals surface area contributed by atoms with Gasteiger partial charge in [-0.15, -0.1) is 0 Å². The van der Waals surface area contributed by atoms with Gasteiger partial charge in [0.05, 0.1) is 12.2 Å². The number of fused-ring (bicyclic) bond motifs is 1. The number of hydrogen-bond acceptors (Lipinski definition) is 6. The highest BCUT2D eigenvalue weighted by Gasteiger charge is 2.49. The normalized spacial score (nSPS) is 15.3. The van der Waals surface area contributed by atoms with Crippen molar-refractivity contribution in [3.05, 3.63) is 35.4 Å². The standard InChI is InChI=1S/C16H17F3O6S/c1-15(2,14(20)21)9-10-5-6-11-12(4-3-7-24-13(11)8-10)25-26(22,23)16(17,18)19/h4-6,8H,3,7,9H2,1-2H3,(H,20,21)/p-1. The van der Waals surface area contributed by atoms with Crippen LogP contribution in [-0.4, -0.2) is 26.5 Å². The number of rotatable bonds is 5. The fourth-order valence-electron chi connectivity index (χ4n) is 2.30. The molecule has 1 aliphatic heterocycles. The number of carbonyl (C=O) groups is 1. The van der Waals surface area contributed by atoms with Crippen LogP contribution >= 0.6 is 0 Å². The Kier molecular flexibility index (Phi) is 5.27. The lowest BCUT2D eigenvalue weighted by molar-refractivity contribution is -0.317. The first-order chi connectivity index (χ1) is 11.8. The van der Waals surface area contributed by atoms with Gasteiger partial charge in [0, 0.05) is 17.8 Å². The summed E-state index contributed by atoms with van der Waals surface area (Å²) in [5.41, 5.74) is -6.16. The first kappa shape index (κ1) is 20.1. The van der Waals surface area contributed by atoms with E-state index in [9.17, 15) is 31.5 Å². The Morgan fingerprint density at radius 2 is 1.96 bits per heavy atom. The summed E-state index contributed by atoms with van der Waals surface area (Å²) in [6, 6.07) is 4.25. The molecule has 2 rings (SSSR count). The molecule has 1 aromatic rings. The molecule has 0 amide bonds. The van der Waals surface area contributed by atoms with Gasteiger partial charge < -0.3 is 18.8 Å². The van der Waals surface area contributed by atoms with Gasteiger partial charge in [0.2, 0.25) is 0 Å². The Morgan fingerprint density at radius 3 is 2.54 bits per heavy atom. The van der Waals surface area contributed by atoms with Crippen molar-refractivity contribution in [2.75, 3.05) is 6.61 Å². The topological polar surface area (TPSA) is 92.7 Å². The van der Waals surface area contributed by atoms with Gasteiger partial charge in [0.25, 0.3) is 0 Å².